The van der Waals surface area contributed by atoms with Crippen LogP contribution in [-0.2, 0) is 4.79 Å². The molecule has 0 bridgehead atoms. The summed E-state index contributed by atoms with van der Waals surface area (Å²) in [5, 5.41) is 3.35. The molecule has 4 nitrogen and oxygen atoms in total. The summed E-state index contributed by atoms with van der Waals surface area (Å²) >= 11 is 0. The summed E-state index contributed by atoms with van der Waals surface area (Å²) in [6.45, 7) is 11.0. The van der Waals surface area contributed by atoms with Crippen molar-refractivity contribution in [3.05, 3.63) is 24.3 Å². The number of hydrogen-bond acceptors (Lipinski definition) is 3. The molecule has 0 saturated carbocycles. The predicted octanol–water partition coefficient (Wildman–Crippen LogP) is 3.59. The molecule has 1 saturated heterocycles. The minimum Gasteiger partial charge on any atom is -0.385 e. The van der Waals surface area contributed by atoms with Gasteiger partial charge in [0.1, 0.15) is 0 Å². The summed E-state index contributed by atoms with van der Waals surface area (Å²) in [6, 6.07) is 8.61. The summed E-state index contributed by atoms with van der Waals surface area (Å²) in [4.78, 5) is 16.3. The van der Waals surface area contributed by atoms with E-state index in [0.29, 0.717) is 13.0 Å². The van der Waals surface area contributed by atoms with Crippen molar-refractivity contribution in [2.24, 2.45) is 5.92 Å². The van der Waals surface area contributed by atoms with Gasteiger partial charge in [-0.15, -0.1) is 0 Å². The van der Waals surface area contributed by atoms with E-state index >= 15 is 0 Å². The van der Waals surface area contributed by atoms with Gasteiger partial charge in [0.05, 0.1) is 0 Å². The summed E-state index contributed by atoms with van der Waals surface area (Å²) in [6.07, 6.45) is 3.12. The van der Waals surface area contributed by atoms with Gasteiger partial charge in [0.15, 0.2) is 0 Å². The summed E-state index contributed by atoms with van der Waals surface area (Å²) < 4.78 is 0. The standard InChI is InChI=1S/C19H31N3O/c1-4-21(5-2)19(23)10-13-20-17-6-8-18(9-7-17)22-14-11-16(3)12-15-22/h6-9,16,20H,4-5,10-15H2,1-3H3. The maximum absolute atomic E-state index is 12.0. The van der Waals surface area contributed by atoms with Crippen LogP contribution in [0.2, 0.25) is 0 Å². The Kier molecular flexibility index (Phi) is 6.75. The number of carbonyl (C=O) groups is 1. The normalized spacial score (nSPS) is 15.5. The van der Waals surface area contributed by atoms with E-state index in [2.05, 4.69) is 41.4 Å². The maximum atomic E-state index is 12.0. The van der Waals surface area contributed by atoms with Gasteiger partial charge in [-0.3, -0.25) is 4.79 Å². The Morgan fingerprint density at radius 3 is 2.35 bits per heavy atom. The van der Waals surface area contributed by atoms with E-state index in [9.17, 15) is 4.79 Å². The van der Waals surface area contributed by atoms with Crippen LogP contribution in [0.25, 0.3) is 0 Å². The van der Waals surface area contributed by atoms with Crippen molar-refractivity contribution in [3.63, 3.8) is 0 Å². The molecule has 0 spiro atoms. The molecular weight excluding hydrogens is 286 g/mol. The van der Waals surface area contributed by atoms with Crippen LogP contribution in [0.1, 0.15) is 40.0 Å². The van der Waals surface area contributed by atoms with Crippen molar-refractivity contribution in [1.82, 2.24) is 4.90 Å². The van der Waals surface area contributed by atoms with E-state index in [1.807, 2.05) is 18.7 Å². The molecule has 23 heavy (non-hydrogen) atoms. The number of piperidine rings is 1. The van der Waals surface area contributed by atoms with Crippen LogP contribution in [0.3, 0.4) is 0 Å². The zero-order valence-electron chi connectivity index (χ0n) is 14.8. The lowest BCUT2D eigenvalue weighted by molar-refractivity contribution is -0.130. The second kappa shape index (κ2) is 8.80. The molecule has 0 unspecified atom stereocenters. The topological polar surface area (TPSA) is 35.6 Å². The van der Waals surface area contributed by atoms with Crippen LogP contribution >= 0.6 is 0 Å². The molecule has 1 heterocycles. The minimum atomic E-state index is 0.224. The highest BCUT2D eigenvalue weighted by Gasteiger charge is 2.15. The smallest absolute Gasteiger partial charge is 0.224 e. The second-order valence-electron chi connectivity index (χ2n) is 6.46. The quantitative estimate of drug-likeness (QED) is 0.835. The molecule has 0 atom stereocenters. The molecule has 1 aromatic carbocycles. The fraction of sp³-hybridized carbons (Fsp3) is 0.632. The van der Waals surface area contributed by atoms with E-state index in [4.69, 9.17) is 0 Å². The van der Waals surface area contributed by atoms with Crippen LogP contribution in [0.15, 0.2) is 24.3 Å². The molecule has 1 aliphatic heterocycles. The van der Waals surface area contributed by atoms with Crippen molar-refractivity contribution >= 4 is 17.3 Å². The van der Waals surface area contributed by atoms with E-state index in [-0.39, 0.29) is 5.91 Å². The Balaban J connectivity index is 1.78. The Hall–Kier alpha value is -1.71. The fourth-order valence-electron chi connectivity index (χ4n) is 3.11. The molecule has 2 rings (SSSR count). The van der Waals surface area contributed by atoms with Crippen LogP contribution in [-0.4, -0.2) is 43.5 Å². The number of rotatable bonds is 7. The molecule has 1 N–H and O–H groups in total. The number of nitrogens with zero attached hydrogens (tertiary/aromatic N) is 2. The van der Waals surface area contributed by atoms with Crippen molar-refractivity contribution in [3.8, 4) is 0 Å². The average molecular weight is 317 g/mol. The molecule has 0 radical (unpaired) electrons. The van der Waals surface area contributed by atoms with Crippen LogP contribution in [0.5, 0.6) is 0 Å². The van der Waals surface area contributed by atoms with Crippen molar-refractivity contribution in [2.45, 2.75) is 40.0 Å². The Labute approximate surface area is 140 Å². The Morgan fingerprint density at radius 2 is 1.78 bits per heavy atom. The van der Waals surface area contributed by atoms with Crippen LogP contribution < -0.4 is 10.2 Å². The average Bonchev–Trinajstić information content (AvgIpc) is 2.57. The van der Waals surface area contributed by atoms with E-state index in [0.717, 1.165) is 37.8 Å². The third kappa shape index (κ3) is 5.15. The van der Waals surface area contributed by atoms with Gasteiger partial charge < -0.3 is 15.1 Å². The van der Waals surface area contributed by atoms with E-state index in [1.165, 1.54) is 18.5 Å². The van der Waals surface area contributed by atoms with Crippen molar-refractivity contribution in [1.29, 1.82) is 0 Å². The molecule has 1 amide bonds. The van der Waals surface area contributed by atoms with E-state index < -0.39 is 0 Å². The number of benzene rings is 1. The summed E-state index contributed by atoms with van der Waals surface area (Å²) in [5.41, 5.74) is 2.40. The Bertz CT molecular complexity index is 474. The van der Waals surface area contributed by atoms with Crippen LogP contribution in [0.4, 0.5) is 11.4 Å². The SMILES string of the molecule is CCN(CC)C(=O)CCNc1ccc(N2CCC(C)CC2)cc1. The van der Waals surface area contributed by atoms with E-state index in [1.54, 1.807) is 0 Å². The van der Waals surface area contributed by atoms with Crippen molar-refractivity contribution < 1.29 is 4.79 Å². The van der Waals surface area contributed by atoms with Crippen molar-refractivity contribution in [2.75, 3.05) is 42.9 Å². The molecule has 128 valence electrons. The minimum absolute atomic E-state index is 0.224. The number of carbonyl (C=O) groups excluding carboxylic acids is 1. The highest BCUT2D eigenvalue weighted by atomic mass is 16.2. The largest absolute Gasteiger partial charge is 0.385 e. The molecule has 0 aromatic heterocycles. The number of nitrogens with one attached hydrogen (secondary N) is 1. The monoisotopic (exact) mass is 317 g/mol. The van der Waals surface area contributed by atoms with Gasteiger partial charge in [0.25, 0.3) is 0 Å². The lowest BCUT2D eigenvalue weighted by atomic mass is 9.99. The summed E-state index contributed by atoms with van der Waals surface area (Å²) in [7, 11) is 0. The lowest BCUT2D eigenvalue weighted by Crippen LogP contribution is -2.32. The number of amides is 1. The maximum Gasteiger partial charge on any atom is 0.224 e. The van der Waals surface area contributed by atoms with Gasteiger partial charge in [-0.1, -0.05) is 6.92 Å². The molecule has 1 aliphatic rings. The number of anilines is 2. The van der Waals surface area contributed by atoms with Gasteiger partial charge in [0.2, 0.25) is 5.91 Å². The third-order valence-corrected chi connectivity index (χ3v) is 4.80. The van der Waals surface area contributed by atoms with Crippen LogP contribution in [0, 0.1) is 5.92 Å². The zero-order valence-corrected chi connectivity index (χ0v) is 14.8. The fourth-order valence-corrected chi connectivity index (χ4v) is 3.11. The summed E-state index contributed by atoms with van der Waals surface area (Å²) in [5.74, 6) is 1.08. The first-order valence-electron chi connectivity index (χ1n) is 9.00. The van der Waals surface area contributed by atoms with Gasteiger partial charge in [-0.05, 0) is 56.9 Å². The van der Waals surface area contributed by atoms with Gasteiger partial charge in [-0.2, -0.15) is 0 Å². The molecule has 0 aliphatic carbocycles. The third-order valence-electron chi connectivity index (χ3n) is 4.80. The molecular formula is C19H31N3O. The lowest BCUT2D eigenvalue weighted by Gasteiger charge is -2.32. The molecule has 1 aromatic rings. The second-order valence-corrected chi connectivity index (χ2v) is 6.46. The molecule has 4 heteroatoms. The predicted molar refractivity (Wildman–Crippen MR) is 98.1 cm³/mol. The highest BCUT2D eigenvalue weighted by Crippen LogP contribution is 2.24. The first kappa shape index (κ1) is 17.6. The van der Waals surface area contributed by atoms with Gasteiger partial charge in [-0.25, -0.2) is 0 Å². The van der Waals surface area contributed by atoms with Gasteiger partial charge >= 0.3 is 0 Å². The zero-order chi connectivity index (χ0) is 16.7. The Morgan fingerprint density at radius 1 is 1.17 bits per heavy atom. The first-order valence-corrected chi connectivity index (χ1v) is 9.00. The first-order chi connectivity index (χ1) is 11.1. The molecule has 1 fully saturated rings. The number of hydrogen-bond donors (Lipinski definition) is 1. The van der Waals surface area contributed by atoms with Gasteiger partial charge in [0, 0.05) is 50.5 Å². The highest BCUT2D eigenvalue weighted by molar-refractivity contribution is 5.76.